The van der Waals surface area contributed by atoms with E-state index in [1.165, 1.54) is 16.7 Å². The molecule has 166 valence electrons. The van der Waals surface area contributed by atoms with Crippen molar-refractivity contribution < 1.29 is 23.9 Å². The van der Waals surface area contributed by atoms with Gasteiger partial charge in [0.2, 0.25) is 18.6 Å². The molecule has 0 spiro atoms. The fraction of sp³-hybridized carbons (Fsp3) is 0.348. The Balaban J connectivity index is 1.28. The highest BCUT2D eigenvalue weighted by molar-refractivity contribution is 8.00. The number of nitrogens with one attached hydrogen (secondary N) is 1. The number of nitrogens with zero attached hydrogens (tertiary/aromatic N) is 2. The quantitative estimate of drug-likeness (QED) is 0.748. The highest BCUT2D eigenvalue weighted by Crippen LogP contribution is 2.36. The van der Waals surface area contributed by atoms with Crippen molar-refractivity contribution in [1.82, 2.24) is 10.2 Å². The topological polar surface area (TPSA) is 88.2 Å². The third-order valence-electron chi connectivity index (χ3n) is 5.77. The summed E-state index contributed by atoms with van der Waals surface area (Å²) in [5.41, 5.74) is 2.04. The van der Waals surface area contributed by atoms with Crippen LogP contribution in [0.3, 0.4) is 0 Å². The van der Waals surface area contributed by atoms with Crippen LogP contribution in [0, 0.1) is 0 Å². The zero-order valence-corrected chi connectivity index (χ0v) is 18.3. The summed E-state index contributed by atoms with van der Waals surface area (Å²) in [7, 11) is 0. The average Bonchev–Trinajstić information content (AvgIpc) is 3.50. The molecule has 1 fully saturated rings. The molecule has 9 heteroatoms. The molecule has 0 saturated carbocycles. The number of carbonyl (C=O) groups is 3. The number of benzene rings is 2. The normalized spacial score (nSPS) is 16.8. The second kappa shape index (κ2) is 8.74. The van der Waals surface area contributed by atoms with Crippen molar-refractivity contribution in [2.24, 2.45) is 0 Å². The molecule has 0 aliphatic carbocycles. The Bertz CT molecular complexity index is 1080. The molecule has 0 bridgehead atoms. The average molecular weight is 454 g/mol. The van der Waals surface area contributed by atoms with Crippen molar-refractivity contribution in [2.45, 2.75) is 24.3 Å². The fourth-order valence-corrected chi connectivity index (χ4v) is 4.98. The minimum absolute atomic E-state index is 0.0273. The van der Waals surface area contributed by atoms with Crippen molar-refractivity contribution >= 4 is 35.2 Å². The number of thioether (sulfide) groups is 1. The summed E-state index contributed by atoms with van der Waals surface area (Å²) >= 11 is 1.43. The minimum Gasteiger partial charge on any atom is -0.454 e. The first-order chi connectivity index (χ1) is 15.6. The van der Waals surface area contributed by atoms with Gasteiger partial charge in [0.05, 0.1) is 11.4 Å². The van der Waals surface area contributed by atoms with E-state index in [1.54, 1.807) is 12.1 Å². The number of anilines is 1. The Morgan fingerprint density at radius 1 is 1.03 bits per heavy atom. The van der Waals surface area contributed by atoms with Gasteiger partial charge in [-0.15, -0.1) is 11.8 Å². The summed E-state index contributed by atoms with van der Waals surface area (Å²) in [6, 6.07) is 10.9. The number of amides is 3. The smallest absolute Gasteiger partial charge is 0.253 e. The van der Waals surface area contributed by atoms with Crippen LogP contribution in [0.15, 0.2) is 41.3 Å². The zero-order chi connectivity index (χ0) is 22.1. The van der Waals surface area contributed by atoms with E-state index in [-0.39, 0.29) is 36.8 Å². The van der Waals surface area contributed by atoms with E-state index in [0.717, 1.165) is 36.4 Å². The predicted octanol–water partition coefficient (Wildman–Crippen LogP) is 2.41. The van der Waals surface area contributed by atoms with Crippen LogP contribution in [0.1, 0.15) is 28.8 Å². The summed E-state index contributed by atoms with van der Waals surface area (Å²) < 4.78 is 10.7. The Kier molecular flexibility index (Phi) is 5.65. The summed E-state index contributed by atoms with van der Waals surface area (Å²) in [6.07, 6.45) is 2.03. The molecule has 2 aromatic rings. The van der Waals surface area contributed by atoms with E-state index in [1.807, 2.05) is 29.2 Å². The standard InChI is InChI=1S/C23H23N3O5S/c27-21(24-11-15-3-5-18-19(9-15)31-14-30-18)12-26-17-10-16(23(29)25-7-1-2-8-25)4-6-20(17)32-13-22(26)28/h3-6,9-10H,1-2,7-8,11-14H2,(H,24,27). The number of hydrogen-bond acceptors (Lipinski definition) is 6. The molecule has 3 amide bonds. The lowest BCUT2D eigenvalue weighted by molar-refractivity contribution is -0.123. The SMILES string of the molecule is O=C(CN1C(=O)CSc2ccc(C(=O)N3CCCC3)cc21)NCc1ccc2c(c1)OCO2. The molecule has 0 radical (unpaired) electrons. The number of ether oxygens (including phenoxy) is 2. The molecular formula is C23H23N3O5S. The summed E-state index contributed by atoms with van der Waals surface area (Å²) in [5, 5.41) is 2.86. The van der Waals surface area contributed by atoms with Gasteiger partial charge in [0.1, 0.15) is 6.54 Å². The van der Waals surface area contributed by atoms with Gasteiger partial charge in [-0.25, -0.2) is 0 Å². The van der Waals surface area contributed by atoms with E-state index in [2.05, 4.69) is 5.32 Å². The van der Waals surface area contributed by atoms with Crippen molar-refractivity contribution in [3.05, 3.63) is 47.5 Å². The van der Waals surface area contributed by atoms with Gasteiger partial charge >= 0.3 is 0 Å². The monoisotopic (exact) mass is 453 g/mol. The van der Waals surface area contributed by atoms with E-state index < -0.39 is 0 Å². The molecule has 3 aliphatic rings. The molecule has 8 nitrogen and oxygen atoms in total. The highest BCUT2D eigenvalue weighted by Gasteiger charge is 2.28. The Morgan fingerprint density at radius 2 is 1.84 bits per heavy atom. The highest BCUT2D eigenvalue weighted by atomic mass is 32.2. The molecule has 32 heavy (non-hydrogen) atoms. The van der Waals surface area contributed by atoms with E-state index in [0.29, 0.717) is 29.3 Å². The van der Waals surface area contributed by atoms with E-state index >= 15 is 0 Å². The van der Waals surface area contributed by atoms with Gasteiger partial charge in [-0.3, -0.25) is 14.4 Å². The maximum absolute atomic E-state index is 12.8. The van der Waals surface area contributed by atoms with Crippen LogP contribution in [0.5, 0.6) is 11.5 Å². The largest absolute Gasteiger partial charge is 0.454 e. The first-order valence-electron chi connectivity index (χ1n) is 10.6. The van der Waals surface area contributed by atoms with E-state index in [4.69, 9.17) is 9.47 Å². The molecular weight excluding hydrogens is 430 g/mol. The van der Waals surface area contributed by atoms with Gasteiger partial charge in [-0.2, -0.15) is 0 Å². The van der Waals surface area contributed by atoms with Gasteiger partial charge in [0, 0.05) is 30.1 Å². The second-order valence-electron chi connectivity index (χ2n) is 7.91. The van der Waals surface area contributed by atoms with E-state index in [9.17, 15) is 14.4 Å². The Morgan fingerprint density at radius 3 is 2.69 bits per heavy atom. The first kappa shape index (κ1) is 20.7. The molecule has 0 atom stereocenters. The maximum Gasteiger partial charge on any atom is 0.253 e. The molecule has 5 rings (SSSR count). The van der Waals surface area contributed by atoms with Crippen LogP contribution in [-0.4, -0.2) is 54.8 Å². The minimum atomic E-state index is -0.273. The van der Waals surface area contributed by atoms with Crippen LogP contribution < -0.4 is 19.7 Å². The van der Waals surface area contributed by atoms with Crippen LogP contribution in [-0.2, 0) is 16.1 Å². The molecule has 2 aromatic carbocycles. The summed E-state index contributed by atoms with van der Waals surface area (Å²) in [6.45, 7) is 1.93. The molecule has 3 aliphatic heterocycles. The van der Waals surface area contributed by atoms with Crippen LogP contribution in [0.25, 0.3) is 0 Å². The van der Waals surface area contributed by atoms with Crippen molar-refractivity contribution in [3.8, 4) is 11.5 Å². The van der Waals surface area contributed by atoms with Crippen LogP contribution >= 0.6 is 11.8 Å². The lowest BCUT2D eigenvalue weighted by atomic mass is 10.1. The zero-order valence-electron chi connectivity index (χ0n) is 17.5. The summed E-state index contributed by atoms with van der Waals surface area (Å²) in [4.78, 5) is 42.3. The van der Waals surface area contributed by atoms with Gasteiger partial charge in [0.25, 0.3) is 5.91 Å². The third kappa shape index (κ3) is 4.12. The van der Waals surface area contributed by atoms with Gasteiger partial charge < -0.3 is 24.6 Å². The summed E-state index contributed by atoms with van der Waals surface area (Å²) in [5.74, 6) is 1.16. The molecule has 0 unspecified atom stereocenters. The van der Waals surface area contributed by atoms with Crippen LogP contribution in [0.4, 0.5) is 5.69 Å². The van der Waals surface area contributed by atoms with Crippen molar-refractivity contribution in [1.29, 1.82) is 0 Å². The van der Waals surface area contributed by atoms with Crippen molar-refractivity contribution in [3.63, 3.8) is 0 Å². The molecule has 3 heterocycles. The number of rotatable bonds is 5. The maximum atomic E-state index is 12.8. The second-order valence-corrected chi connectivity index (χ2v) is 8.93. The van der Waals surface area contributed by atoms with Gasteiger partial charge in [-0.1, -0.05) is 6.07 Å². The first-order valence-corrected chi connectivity index (χ1v) is 11.6. The Hall–Kier alpha value is -3.20. The third-order valence-corrected chi connectivity index (χ3v) is 6.82. The molecule has 1 saturated heterocycles. The van der Waals surface area contributed by atoms with Gasteiger partial charge in [0.15, 0.2) is 11.5 Å². The molecule has 1 N–H and O–H groups in total. The Labute approximate surface area is 189 Å². The van der Waals surface area contributed by atoms with Gasteiger partial charge in [-0.05, 0) is 48.7 Å². The lowest BCUT2D eigenvalue weighted by Crippen LogP contribution is -2.43. The predicted molar refractivity (Wildman–Crippen MR) is 119 cm³/mol. The fourth-order valence-electron chi connectivity index (χ4n) is 4.06. The lowest BCUT2D eigenvalue weighted by Gasteiger charge is -2.29. The van der Waals surface area contributed by atoms with Crippen molar-refractivity contribution in [2.75, 3.05) is 37.1 Å². The number of carbonyl (C=O) groups excluding carboxylic acids is 3. The number of hydrogen-bond donors (Lipinski definition) is 1. The number of likely N-dealkylation sites (tertiary alicyclic amines) is 1. The molecule has 0 aromatic heterocycles. The number of fused-ring (bicyclic) bond motifs is 2. The van der Waals surface area contributed by atoms with Crippen LogP contribution in [0.2, 0.25) is 0 Å².